The van der Waals surface area contributed by atoms with Crippen LogP contribution in [-0.4, -0.2) is 9.97 Å². The Morgan fingerprint density at radius 2 is 1.94 bits per heavy atom. The predicted octanol–water partition coefficient (Wildman–Crippen LogP) is 2.88. The minimum absolute atomic E-state index is 0.0502. The quantitative estimate of drug-likeness (QED) is 0.925. The van der Waals surface area contributed by atoms with Gasteiger partial charge in [-0.2, -0.15) is 0 Å². The first kappa shape index (κ1) is 12.8. The molecule has 1 aromatic heterocycles. The molecule has 0 unspecified atom stereocenters. The van der Waals surface area contributed by atoms with Gasteiger partial charge in [0.15, 0.2) is 0 Å². The van der Waals surface area contributed by atoms with Gasteiger partial charge in [0.2, 0.25) is 0 Å². The Morgan fingerprint density at radius 1 is 1.28 bits per heavy atom. The molecule has 0 saturated carbocycles. The van der Waals surface area contributed by atoms with Gasteiger partial charge in [-0.1, -0.05) is 30.7 Å². The van der Waals surface area contributed by atoms with Crippen molar-refractivity contribution in [1.29, 1.82) is 0 Å². The molecule has 0 aliphatic heterocycles. The van der Waals surface area contributed by atoms with E-state index in [1.165, 1.54) is 0 Å². The van der Waals surface area contributed by atoms with Crippen molar-refractivity contribution in [3.63, 3.8) is 0 Å². The van der Waals surface area contributed by atoms with Crippen molar-refractivity contribution in [2.75, 3.05) is 0 Å². The van der Waals surface area contributed by atoms with E-state index in [0.717, 1.165) is 17.7 Å². The molecule has 1 heterocycles. The van der Waals surface area contributed by atoms with E-state index in [1.807, 2.05) is 31.2 Å². The molecule has 2 rings (SSSR count). The largest absolute Gasteiger partial charge is 0.310 e. The second-order valence-corrected chi connectivity index (χ2v) is 4.68. The molecule has 4 heteroatoms. The van der Waals surface area contributed by atoms with Crippen LogP contribution in [0.5, 0.6) is 0 Å². The summed E-state index contributed by atoms with van der Waals surface area (Å²) in [4.78, 5) is 19.0. The zero-order valence-electron chi connectivity index (χ0n) is 10.5. The molecule has 0 bridgehead atoms. The summed E-state index contributed by atoms with van der Waals surface area (Å²) in [7, 11) is 0. The standard InChI is InChI=1S/C14H15ClN2O/c1-3-12-9(2)14(18)17-13(16-12)8-10-4-6-11(15)7-5-10/h4-7H,3,8H2,1-2H3,(H,16,17,18). The monoisotopic (exact) mass is 262 g/mol. The molecule has 0 amide bonds. The van der Waals surface area contributed by atoms with Crippen LogP contribution in [0.1, 0.15) is 29.6 Å². The number of benzene rings is 1. The number of aromatic nitrogens is 2. The summed E-state index contributed by atoms with van der Waals surface area (Å²) in [5.41, 5.74) is 2.60. The van der Waals surface area contributed by atoms with Gasteiger partial charge in [-0.05, 0) is 31.0 Å². The van der Waals surface area contributed by atoms with Crippen molar-refractivity contribution in [1.82, 2.24) is 9.97 Å². The molecule has 0 saturated heterocycles. The Kier molecular flexibility index (Phi) is 3.82. The summed E-state index contributed by atoms with van der Waals surface area (Å²) in [5.74, 6) is 0.699. The third-order valence-electron chi connectivity index (χ3n) is 2.92. The predicted molar refractivity (Wildman–Crippen MR) is 73.2 cm³/mol. The van der Waals surface area contributed by atoms with Gasteiger partial charge in [-0.15, -0.1) is 0 Å². The maximum atomic E-state index is 11.7. The molecule has 94 valence electrons. The van der Waals surface area contributed by atoms with Crippen LogP contribution in [0.2, 0.25) is 5.02 Å². The van der Waals surface area contributed by atoms with Crippen molar-refractivity contribution in [3.8, 4) is 0 Å². The van der Waals surface area contributed by atoms with Crippen LogP contribution in [0.15, 0.2) is 29.1 Å². The van der Waals surface area contributed by atoms with Crippen molar-refractivity contribution < 1.29 is 0 Å². The van der Waals surface area contributed by atoms with E-state index in [4.69, 9.17) is 11.6 Å². The van der Waals surface area contributed by atoms with Gasteiger partial charge in [0, 0.05) is 17.0 Å². The third-order valence-corrected chi connectivity index (χ3v) is 3.17. The molecule has 18 heavy (non-hydrogen) atoms. The lowest BCUT2D eigenvalue weighted by molar-refractivity contribution is 0.868. The zero-order chi connectivity index (χ0) is 13.1. The Morgan fingerprint density at radius 3 is 2.56 bits per heavy atom. The van der Waals surface area contributed by atoms with Crippen LogP contribution in [0.25, 0.3) is 0 Å². The molecular weight excluding hydrogens is 248 g/mol. The summed E-state index contributed by atoms with van der Waals surface area (Å²) < 4.78 is 0. The number of nitrogens with one attached hydrogen (secondary N) is 1. The Labute approximate surface area is 111 Å². The van der Waals surface area contributed by atoms with Gasteiger partial charge in [0.25, 0.3) is 5.56 Å². The molecular formula is C14H15ClN2O. The summed E-state index contributed by atoms with van der Waals surface area (Å²) in [5, 5.41) is 0.707. The molecule has 0 aliphatic carbocycles. The Bertz CT molecular complexity index is 602. The maximum absolute atomic E-state index is 11.7. The molecule has 0 atom stereocenters. The fourth-order valence-electron chi connectivity index (χ4n) is 1.85. The number of halogens is 1. The minimum atomic E-state index is -0.0502. The van der Waals surface area contributed by atoms with E-state index in [0.29, 0.717) is 22.8 Å². The van der Waals surface area contributed by atoms with E-state index in [-0.39, 0.29) is 5.56 Å². The van der Waals surface area contributed by atoms with Crippen molar-refractivity contribution in [2.24, 2.45) is 0 Å². The van der Waals surface area contributed by atoms with Crippen LogP contribution in [0.4, 0.5) is 0 Å². The number of rotatable bonds is 3. The number of H-pyrrole nitrogens is 1. The van der Waals surface area contributed by atoms with Gasteiger partial charge < -0.3 is 4.98 Å². The van der Waals surface area contributed by atoms with Crippen LogP contribution in [0, 0.1) is 6.92 Å². The van der Waals surface area contributed by atoms with Gasteiger partial charge in [-0.25, -0.2) is 4.98 Å². The molecule has 0 radical (unpaired) electrons. The normalized spacial score (nSPS) is 10.6. The summed E-state index contributed by atoms with van der Waals surface area (Å²) in [6, 6.07) is 7.55. The Balaban J connectivity index is 2.32. The molecule has 0 fully saturated rings. The van der Waals surface area contributed by atoms with Crippen LogP contribution in [-0.2, 0) is 12.8 Å². The van der Waals surface area contributed by atoms with Gasteiger partial charge in [-0.3, -0.25) is 4.79 Å². The van der Waals surface area contributed by atoms with Crippen molar-refractivity contribution in [2.45, 2.75) is 26.7 Å². The van der Waals surface area contributed by atoms with Crippen LogP contribution >= 0.6 is 11.6 Å². The first-order valence-corrected chi connectivity index (χ1v) is 6.31. The average Bonchev–Trinajstić information content (AvgIpc) is 2.36. The maximum Gasteiger partial charge on any atom is 0.254 e. The second kappa shape index (κ2) is 5.36. The number of aryl methyl sites for hydroxylation is 1. The third kappa shape index (κ3) is 2.79. The fourth-order valence-corrected chi connectivity index (χ4v) is 1.98. The van der Waals surface area contributed by atoms with E-state index in [9.17, 15) is 4.79 Å². The summed E-state index contributed by atoms with van der Waals surface area (Å²) >= 11 is 5.83. The van der Waals surface area contributed by atoms with E-state index < -0.39 is 0 Å². The molecule has 0 spiro atoms. The van der Waals surface area contributed by atoms with E-state index >= 15 is 0 Å². The molecule has 1 N–H and O–H groups in total. The highest BCUT2D eigenvalue weighted by molar-refractivity contribution is 6.30. The van der Waals surface area contributed by atoms with Gasteiger partial charge in [0.05, 0.1) is 5.69 Å². The molecule has 2 aromatic rings. The first-order chi connectivity index (χ1) is 8.60. The average molecular weight is 263 g/mol. The van der Waals surface area contributed by atoms with Gasteiger partial charge >= 0.3 is 0 Å². The second-order valence-electron chi connectivity index (χ2n) is 4.24. The summed E-state index contributed by atoms with van der Waals surface area (Å²) in [6.07, 6.45) is 1.38. The lowest BCUT2D eigenvalue weighted by atomic mass is 10.1. The Hall–Kier alpha value is -1.61. The lowest BCUT2D eigenvalue weighted by Gasteiger charge is -2.06. The van der Waals surface area contributed by atoms with E-state index in [1.54, 1.807) is 6.92 Å². The minimum Gasteiger partial charge on any atom is -0.310 e. The molecule has 0 aliphatic rings. The fraction of sp³-hybridized carbons (Fsp3) is 0.286. The van der Waals surface area contributed by atoms with Crippen LogP contribution in [0.3, 0.4) is 0 Å². The van der Waals surface area contributed by atoms with Gasteiger partial charge in [0.1, 0.15) is 5.82 Å². The van der Waals surface area contributed by atoms with E-state index in [2.05, 4.69) is 9.97 Å². The highest BCUT2D eigenvalue weighted by atomic mass is 35.5. The molecule has 1 aromatic carbocycles. The van der Waals surface area contributed by atoms with Crippen molar-refractivity contribution in [3.05, 3.63) is 62.3 Å². The topological polar surface area (TPSA) is 45.8 Å². The SMILES string of the molecule is CCc1nc(Cc2ccc(Cl)cc2)[nH]c(=O)c1C. The van der Waals surface area contributed by atoms with Crippen LogP contribution < -0.4 is 5.56 Å². The molecule has 3 nitrogen and oxygen atoms in total. The van der Waals surface area contributed by atoms with Crippen molar-refractivity contribution >= 4 is 11.6 Å². The lowest BCUT2D eigenvalue weighted by Crippen LogP contribution is -2.17. The smallest absolute Gasteiger partial charge is 0.254 e. The number of nitrogens with zero attached hydrogens (tertiary/aromatic N) is 1. The number of aromatic amines is 1. The first-order valence-electron chi connectivity index (χ1n) is 5.93. The highest BCUT2D eigenvalue weighted by Gasteiger charge is 2.06. The summed E-state index contributed by atoms with van der Waals surface area (Å²) in [6.45, 7) is 3.80. The number of hydrogen-bond donors (Lipinski definition) is 1. The zero-order valence-corrected chi connectivity index (χ0v) is 11.2. The number of hydrogen-bond acceptors (Lipinski definition) is 2. The highest BCUT2D eigenvalue weighted by Crippen LogP contribution is 2.12.